The fourth-order valence-electron chi connectivity index (χ4n) is 0.735. The van der Waals surface area contributed by atoms with Crippen LogP contribution < -0.4 is 0 Å². The fourth-order valence-corrected chi connectivity index (χ4v) is 0.735. The molecule has 0 fully saturated rings. The first-order valence-electron chi connectivity index (χ1n) is 3.21. The minimum absolute atomic E-state index is 0.395. The third-order valence-corrected chi connectivity index (χ3v) is 1.39. The summed E-state index contributed by atoms with van der Waals surface area (Å²) in [5, 5.41) is 26.6. The minimum atomic E-state index is -1.16. The molecule has 62 valence electrons. The van der Waals surface area contributed by atoms with Crippen molar-refractivity contribution < 1.29 is 15.3 Å². The molecule has 1 aromatic heterocycles. The van der Waals surface area contributed by atoms with Crippen LogP contribution in [0.15, 0.2) is 12.5 Å². The molecule has 0 aromatic carbocycles. The molecule has 0 saturated carbocycles. The molecule has 1 rings (SSSR count). The second-order valence-corrected chi connectivity index (χ2v) is 2.20. The maximum atomic E-state index is 9.20. The predicted molar refractivity (Wildman–Crippen MR) is 36.6 cm³/mol. The standard InChI is InChI=1S/C6H10N2O3/c9-2-5(10)6(11)4-1-7-3-8-4/h1,3,5-6,9-11H,2H2,(H,7,8). The largest absolute Gasteiger partial charge is 0.394 e. The normalized spacial score (nSPS) is 16.3. The van der Waals surface area contributed by atoms with Crippen LogP contribution in [0.3, 0.4) is 0 Å². The van der Waals surface area contributed by atoms with Gasteiger partial charge in [-0.25, -0.2) is 4.98 Å². The van der Waals surface area contributed by atoms with Crippen molar-refractivity contribution in [2.75, 3.05) is 6.61 Å². The third-order valence-electron chi connectivity index (χ3n) is 1.39. The summed E-state index contributed by atoms with van der Waals surface area (Å²) < 4.78 is 0. The minimum Gasteiger partial charge on any atom is -0.394 e. The molecule has 0 saturated heterocycles. The van der Waals surface area contributed by atoms with Crippen molar-refractivity contribution in [1.82, 2.24) is 9.97 Å². The number of aromatic nitrogens is 2. The van der Waals surface area contributed by atoms with Crippen molar-refractivity contribution >= 4 is 0 Å². The first kappa shape index (κ1) is 8.19. The van der Waals surface area contributed by atoms with E-state index >= 15 is 0 Å². The van der Waals surface area contributed by atoms with E-state index in [1.54, 1.807) is 0 Å². The number of nitrogens with zero attached hydrogens (tertiary/aromatic N) is 1. The van der Waals surface area contributed by atoms with Gasteiger partial charge in [-0.1, -0.05) is 0 Å². The van der Waals surface area contributed by atoms with Crippen LogP contribution in [0.1, 0.15) is 11.8 Å². The van der Waals surface area contributed by atoms with E-state index < -0.39 is 18.8 Å². The van der Waals surface area contributed by atoms with Crippen molar-refractivity contribution in [3.63, 3.8) is 0 Å². The van der Waals surface area contributed by atoms with Gasteiger partial charge >= 0.3 is 0 Å². The summed E-state index contributed by atoms with van der Waals surface area (Å²) in [5.74, 6) is 0. The molecule has 2 unspecified atom stereocenters. The zero-order chi connectivity index (χ0) is 8.27. The van der Waals surface area contributed by atoms with Gasteiger partial charge < -0.3 is 20.3 Å². The van der Waals surface area contributed by atoms with E-state index in [0.29, 0.717) is 5.69 Å². The smallest absolute Gasteiger partial charge is 0.123 e. The van der Waals surface area contributed by atoms with Gasteiger partial charge in [0, 0.05) is 0 Å². The predicted octanol–water partition coefficient (Wildman–Crippen LogP) is -1.20. The molecular formula is C6H10N2O3. The molecule has 4 N–H and O–H groups in total. The lowest BCUT2D eigenvalue weighted by atomic mass is 10.2. The Morgan fingerprint density at radius 3 is 2.73 bits per heavy atom. The molecule has 0 spiro atoms. The van der Waals surface area contributed by atoms with Gasteiger partial charge in [-0.3, -0.25) is 0 Å². The molecule has 0 aliphatic rings. The number of nitrogens with one attached hydrogen (secondary N) is 1. The van der Waals surface area contributed by atoms with Crippen LogP contribution in [0.25, 0.3) is 0 Å². The fraction of sp³-hybridized carbons (Fsp3) is 0.500. The highest BCUT2D eigenvalue weighted by molar-refractivity contribution is 5.00. The van der Waals surface area contributed by atoms with Gasteiger partial charge in [-0.15, -0.1) is 0 Å². The second kappa shape index (κ2) is 3.47. The Labute approximate surface area is 63.3 Å². The van der Waals surface area contributed by atoms with E-state index in [1.807, 2.05) is 0 Å². The number of H-pyrrole nitrogens is 1. The highest BCUT2D eigenvalue weighted by atomic mass is 16.4. The van der Waals surface area contributed by atoms with Gasteiger partial charge in [-0.05, 0) is 0 Å². The summed E-state index contributed by atoms with van der Waals surface area (Å²) in [6, 6.07) is 0. The number of aliphatic hydroxyl groups excluding tert-OH is 3. The molecule has 0 bridgehead atoms. The second-order valence-electron chi connectivity index (χ2n) is 2.20. The van der Waals surface area contributed by atoms with Gasteiger partial charge in [0.1, 0.15) is 12.2 Å². The van der Waals surface area contributed by atoms with Crippen LogP contribution in [-0.4, -0.2) is 38.0 Å². The Balaban J connectivity index is 2.62. The SMILES string of the molecule is OCC(O)C(O)c1cnc[nH]1. The highest BCUT2D eigenvalue weighted by Crippen LogP contribution is 2.12. The number of aromatic amines is 1. The topological polar surface area (TPSA) is 89.4 Å². The third kappa shape index (κ3) is 1.76. The summed E-state index contributed by atoms with van der Waals surface area (Å²) in [6.07, 6.45) is 0.532. The average Bonchev–Trinajstić information content (AvgIpc) is 2.53. The summed E-state index contributed by atoms with van der Waals surface area (Å²) in [4.78, 5) is 6.27. The molecule has 0 aliphatic heterocycles. The van der Waals surface area contributed by atoms with Crippen LogP contribution in [0.4, 0.5) is 0 Å². The van der Waals surface area contributed by atoms with Crippen LogP contribution in [0.2, 0.25) is 0 Å². The molecule has 1 heterocycles. The number of aliphatic hydroxyl groups is 3. The lowest BCUT2D eigenvalue weighted by Gasteiger charge is -2.12. The average molecular weight is 158 g/mol. The lowest BCUT2D eigenvalue weighted by molar-refractivity contribution is -0.0171. The Bertz CT molecular complexity index is 200. The number of hydrogen-bond donors (Lipinski definition) is 4. The van der Waals surface area contributed by atoms with Crippen LogP contribution >= 0.6 is 0 Å². The van der Waals surface area contributed by atoms with Crippen molar-refractivity contribution in [1.29, 1.82) is 0 Å². The van der Waals surface area contributed by atoms with Gasteiger partial charge in [-0.2, -0.15) is 0 Å². The number of rotatable bonds is 3. The zero-order valence-corrected chi connectivity index (χ0v) is 5.81. The van der Waals surface area contributed by atoms with Crippen LogP contribution in [-0.2, 0) is 0 Å². The summed E-state index contributed by atoms with van der Waals surface area (Å²) in [5.41, 5.74) is 0.395. The van der Waals surface area contributed by atoms with Crippen LogP contribution in [0.5, 0.6) is 0 Å². The molecular weight excluding hydrogens is 148 g/mol. The number of imidazole rings is 1. The van der Waals surface area contributed by atoms with E-state index in [2.05, 4.69) is 9.97 Å². The van der Waals surface area contributed by atoms with Crippen molar-refractivity contribution in [2.45, 2.75) is 12.2 Å². The molecule has 2 atom stereocenters. The maximum absolute atomic E-state index is 9.20. The molecule has 5 heteroatoms. The Morgan fingerprint density at radius 2 is 2.27 bits per heavy atom. The zero-order valence-electron chi connectivity index (χ0n) is 5.81. The molecule has 1 aromatic rings. The first-order chi connectivity index (χ1) is 5.25. The Morgan fingerprint density at radius 1 is 1.55 bits per heavy atom. The Hall–Kier alpha value is -0.910. The summed E-state index contributed by atoms with van der Waals surface area (Å²) >= 11 is 0. The van der Waals surface area contributed by atoms with Crippen molar-refractivity contribution in [3.8, 4) is 0 Å². The van der Waals surface area contributed by atoms with E-state index in [0.717, 1.165) is 0 Å². The van der Waals surface area contributed by atoms with Gasteiger partial charge in [0.15, 0.2) is 0 Å². The Kier molecular flexibility index (Phi) is 2.58. The lowest BCUT2D eigenvalue weighted by Crippen LogP contribution is -2.22. The van der Waals surface area contributed by atoms with Gasteiger partial charge in [0.25, 0.3) is 0 Å². The van der Waals surface area contributed by atoms with Crippen LogP contribution in [0, 0.1) is 0 Å². The first-order valence-corrected chi connectivity index (χ1v) is 3.21. The number of hydrogen-bond acceptors (Lipinski definition) is 4. The maximum Gasteiger partial charge on any atom is 0.123 e. The summed E-state index contributed by atoms with van der Waals surface area (Å²) in [6.45, 7) is -0.472. The molecule has 0 radical (unpaired) electrons. The van der Waals surface area contributed by atoms with Gasteiger partial charge in [0.2, 0.25) is 0 Å². The van der Waals surface area contributed by atoms with E-state index in [1.165, 1.54) is 12.5 Å². The molecule has 0 amide bonds. The molecule has 0 aliphatic carbocycles. The van der Waals surface area contributed by atoms with E-state index in [-0.39, 0.29) is 0 Å². The highest BCUT2D eigenvalue weighted by Gasteiger charge is 2.17. The monoisotopic (exact) mass is 158 g/mol. The van der Waals surface area contributed by atoms with E-state index in [4.69, 9.17) is 10.2 Å². The van der Waals surface area contributed by atoms with Crippen molar-refractivity contribution in [3.05, 3.63) is 18.2 Å². The molecule has 5 nitrogen and oxygen atoms in total. The van der Waals surface area contributed by atoms with Gasteiger partial charge in [0.05, 0.1) is 24.8 Å². The van der Waals surface area contributed by atoms with Crippen molar-refractivity contribution in [2.24, 2.45) is 0 Å². The quantitative estimate of drug-likeness (QED) is 0.444. The summed E-state index contributed by atoms with van der Waals surface area (Å²) in [7, 11) is 0. The molecule has 11 heavy (non-hydrogen) atoms. The van der Waals surface area contributed by atoms with E-state index in [9.17, 15) is 5.11 Å².